The van der Waals surface area contributed by atoms with E-state index in [1.165, 1.54) is 38.8 Å². The molecule has 0 N–H and O–H groups in total. The summed E-state index contributed by atoms with van der Waals surface area (Å²) in [5.74, 6) is 0.967. The molecule has 0 aromatic heterocycles. The van der Waals surface area contributed by atoms with Gasteiger partial charge in [0.2, 0.25) is 0 Å². The third kappa shape index (κ3) is 2.22. The molecule has 0 aromatic carbocycles. The molecule has 2 aliphatic rings. The van der Waals surface area contributed by atoms with Crippen LogP contribution in [0.4, 0.5) is 0 Å². The Hall–Kier alpha value is -0.0400. The van der Waals surface area contributed by atoms with Gasteiger partial charge in [-0.1, -0.05) is 20.8 Å². The fraction of sp³-hybridized carbons (Fsp3) is 1.00. The van der Waals surface area contributed by atoms with Crippen molar-refractivity contribution in [1.29, 1.82) is 0 Å². The van der Waals surface area contributed by atoms with Crippen molar-refractivity contribution in [2.24, 2.45) is 5.92 Å². The summed E-state index contributed by atoms with van der Waals surface area (Å²) >= 11 is 0. The van der Waals surface area contributed by atoms with E-state index in [1.54, 1.807) is 0 Å². The van der Waals surface area contributed by atoms with Crippen LogP contribution in [0, 0.1) is 5.92 Å². The van der Waals surface area contributed by atoms with Gasteiger partial charge in [-0.3, -0.25) is 0 Å². The van der Waals surface area contributed by atoms with Crippen molar-refractivity contribution >= 4 is 0 Å². The Morgan fingerprint density at radius 3 is 2.58 bits per heavy atom. The van der Waals surface area contributed by atoms with Crippen LogP contribution in [0.3, 0.4) is 0 Å². The maximum atomic E-state index is 2.69. The van der Waals surface area contributed by atoms with Crippen molar-refractivity contribution in [1.82, 2.24) is 4.90 Å². The summed E-state index contributed by atoms with van der Waals surface area (Å²) in [7, 11) is 0. The molecule has 2 rings (SSSR count). The average molecular weight is 169 g/mol. The highest BCUT2D eigenvalue weighted by atomic mass is 15.2. The lowest BCUT2D eigenvalue weighted by Gasteiger charge is -2.33. The van der Waals surface area contributed by atoms with Gasteiger partial charge in [-0.25, -0.2) is 0 Å². The van der Waals surface area contributed by atoms with Crippen molar-refractivity contribution < 1.29 is 0 Å². The second-order valence-corrected chi connectivity index (χ2v) is 3.97. The first kappa shape index (κ1) is 10.0. The van der Waals surface area contributed by atoms with Crippen LogP contribution in [-0.4, -0.2) is 24.0 Å². The zero-order valence-electron chi connectivity index (χ0n) is 8.84. The van der Waals surface area contributed by atoms with Crippen LogP contribution in [0.2, 0.25) is 0 Å². The van der Waals surface area contributed by atoms with Gasteiger partial charge in [-0.05, 0) is 38.1 Å². The summed E-state index contributed by atoms with van der Waals surface area (Å²) in [6, 6.07) is 0.983. The van der Waals surface area contributed by atoms with E-state index in [0.29, 0.717) is 0 Å². The minimum absolute atomic E-state index is 0.967. The topological polar surface area (TPSA) is 3.24 Å². The van der Waals surface area contributed by atoms with Crippen LogP contribution in [0.5, 0.6) is 0 Å². The van der Waals surface area contributed by atoms with Gasteiger partial charge in [-0.15, -0.1) is 0 Å². The third-order valence-electron chi connectivity index (χ3n) is 3.04. The maximum absolute atomic E-state index is 2.69. The van der Waals surface area contributed by atoms with E-state index in [0.717, 1.165) is 12.0 Å². The molecule has 0 saturated carbocycles. The number of piperidine rings is 1. The number of rotatable bonds is 0. The van der Waals surface area contributed by atoms with Gasteiger partial charge in [0, 0.05) is 12.6 Å². The van der Waals surface area contributed by atoms with Crippen LogP contribution in [0.25, 0.3) is 0 Å². The minimum Gasteiger partial charge on any atom is -0.300 e. The van der Waals surface area contributed by atoms with Crippen molar-refractivity contribution in [3.63, 3.8) is 0 Å². The summed E-state index contributed by atoms with van der Waals surface area (Å²) in [5.41, 5.74) is 0. The summed E-state index contributed by atoms with van der Waals surface area (Å²) in [4.78, 5) is 2.69. The first-order valence-electron chi connectivity index (χ1n) is 5.60. The van der Waals surface area contributed by atoms with E-state index < -0.39 is 0 Å². The van der Waals surface area contributed by atoms with Crippen LogP contribution in [-0.2, 0) is 0 Å². The predicted octanol–water partition coefficient (Wildman–Crippen LogP) is 2.91. The van der Waals surface area contributed by atoms with Crippen molar-refractivity contribution in [3.05, 3.63) is 0 Å². The summed E-state index contributed by atoms with van der Waals surface area (Å²) in [6.07, 6.45) is 5.88. The molecule has 2 fully saturated rings. The molecule has 2 unspecified atom stereocenters. The molecule has 0 aromatic rings. The minimum atomic E-state index is 0.967. The van der Waals surface area contributed by atoms with Crippen molar-refractivity contribution in [3.8, 4) is 0 Å². The number of hydrogen-bond donors (Lipinski definition) is 0. The monoisotopic (exact) mass is 169 g/mol. The molecule has 2 atom stereocenters. The van der Waals surface area contributed by atoms with E-state index >= 15 is 0 Å². The van der Waals surface area contributed by atoms with E-state index in [-0.39, 0.29) is 0 Å². The molecule has 0 amide bonds. The second kappa shape index (κ2) is 4.86. The number of fused-ring (bicyclic) bond motifs is 1. The normalized spacial score (nSPS) is 35.2. The molecule has 0 bridgehead atoms. The number of hydrogen-bond acceptors (Lipinski definition) is 1. The first-order valence-corrected chi connectivity index (χ1v) is 5.60. The van der Waals surface area contributed by atoms with Crippen molar-refractivity contribution in [2.75, 3.05) is 13.1 Å². The lowest BCUT2D eigenvalue weighted by Crippen LogP contribution is -2.37. The van der Waals surface area contributed by atoms with Crippen LogP contribution in [0.15, 0.2) is 0 Å². The van der Waals surface area contributed by atoms with E-state index in [1.807, 2.05) is 13.8 Å². The van der Waals surface area contributed by atoms with Crippen LogP contribution in [0.1, 0.15) is 46.5 Å². The Labute approximate surface area is 77.1 Å². The fourth-order valence-corrected chi connectivity index (χ4v) is 2.43. The first-order chi connectivity index (χ1) is 5.86. The van der Waals surface area contributed by atoms with Gasteiger partial charge in [0.25, 0.3) is 0 Å². The van der Waals surface area contributed by atoms with Crippen molar-refractivity contribution in [2.45, 2.75) is 52.5 Å². The summed E-state index contributed by atoms with van der Waals surface area (Å²) in [6.45, 7) is 9.15. The smallest absolute Gasteiger partial charge is 0.00959 e. The predicted molar refractivity (Wildman–Crippen MR) is 54.3 cm³/mol. The molecule has 2 saturated heterocycles. The Balaban J connectivity index is 0.000000336. The Kier molecular flexibility index (Phi) is 4.07. The highest BCUT2D eigenvalue weighted by Crippen LogP contribution is 2.28. The van der Waals surface area contributed by atoms with Crippen LogP contribution >= 0.6 is 0 Å². The lowest BCUT2D eigenvalue weighted by atomic mass is 9.95. The molecule has 72 valence electrons. The van der Waals surface area contributed by atoms with Gasteiger partial charge in [0.05, 0.1) is 0 Å². The van der Waals surface area contributed by atoms with E-state index in [4.69, 9.17) is 0 Å². The SMILES string of the molecule is CC.CC1CCC2CCCN2C1. The van der Waals surface area contributed by atoms with Gasteiger partial charge in [0.1, 0.15) is 0 Å². The van der Waals surface area contributed by atoms with E-state index in [9.17, 15) is 0 Å². The maximum Gasteiger partial charge on any atom is 0.00959 e. The Morgan fingerprint density at radius 1 is 1.08 bits per heavy atom. The quantitative estimate of drug-likeness (QED) is 0.539. The van der Waals surface area contributed by atoms with Gasteiger partial charge in [0.15, 0.2) is 0 Å². The standard InChI is InChI=1S/C9H17N.C2H6/c1-8-4-5-9-3-2-6-10(9)7-8;1-2/h8-9H,2-7H2,1H3;1-2H3. The largest absolute Gasteiger partial charge is 0.300 e. The van der Waals surface area contributed by atoms with Crippen LogP contribution < -0.4 is 0 Å². The molecule has 0 spiro atoms. The average Bonchev–Trinajstić information content (AvgIpc) is 2.54. The molecule has 1 heteroatoms. The van der Waals surface area contributed by atoms with Gasteiger partial charge in [-0.2, -0.15) is 0 Å². The third-order valence-corrected chi connectivity index (χ3v) is 3.04. The van der Waals surface area contributed by atoms with E-state index in [2.05, 4.69) is 11.8 Å². The molecular formula is C11H23N. The highest BCUT2D eigenvalue weighted by Gasteiger charge is 2.29. The molecular weight excluding hydrogens is 146 g/mol. The molecule has 0 aliphatic carbocycles. The fourth-order valence-electron chi connectivity index (χ4n) is 2.43. The Bertz CT molecular complexity index is 122. The number of nitrogens with zero attached hydrogens (tertiary/aromatic N) is 1. The molecule has 2 aliphatic heterocycles. The Morgan fingerprint density at radius 2 is 1.83 bits per heavy atom. The zero-order valence-corrected chi connectivity index (χ0v) is 8.84. The van der Waals surface area contributed by atoms with Gasteiger partial charge >= 0.3 is 0 Å². The molecule has 0 radical (unpaired) electrons. The highest BCUT2D eigenvalue weighted by molar-refractivity contribution is 4.84. The zero-order chi connectivity index (χ0) is 8.97. The summed E-state index contributed by atoms with van der Waals surface area (Å²) in [5, 5.41) is 0. The molecule has 12 heavy (non-hydrogen) atoms. The molecule has 1 nitrogen and oxygen atoms in total. The second-order valence-electron chi connectivity index (χ2n) is 3.97. The molecule has 2 heterocycles. The van der Waals surface area contributed by atoms with Gasteiger partial charge < -0.3 is 4.90 Å². The summed E-state index contributed by atoms with van der Waals surface area (Å²) < 4.78 is 0. The lowest BCUT2D eigenvalue weighted by molar-refractivity contribution is 0.156.